The highest BCUT2D eigenvalue weighted by atomic mass is 16.5. The Bertz CT molecular complexity index is 702. The maximum atomic E-state index is 12.2. The van der Waals surface area contributed by atoms with E-state index < -0.39 is 0 Å². The highest BCUT2D eigenvalue weighted by Gasteiger charge is 2.32. The molecule has 2 aromatic rings. The molecular weight excluding hydrogens is 290 g/mol. The molecule has 0 aliphatic carbocycles. The first-order chi connectivity index (χ1) is 11.0. The van der Waals surface area contributed by atoms with E-state index in [4.69, 9.17) is 4.74 Å². The van der Waals surface area contributed by atoms with Crippen LogP contribution in [0.4, 0.5) is 0 Å². The molecule has 0 atom stereocenters. The van der Waals surface area contributed by atoms with E-state index >= 15 is 0 Å². The number of carbonyl (C=O) groups is 1. The zero-order valence-corrected chi connectivity index (χ0v) is 13.9. The van der Waals surface area contributed by atoms with Gasteiger partial charge >= 0.3 is 0 Å². The molecule has 122 valence electrons. The number of amides is 1. The summed E-state index contributed by atoms with van der Waals surface area (Å²) in [6, 6.07) is 8.01. The Labute approximate surface area is 136 Å². The van der Waals surface area contributed by atoms with Crippen LogP contribution < -0.4 is 4.74 Å². The minimum absolute atomic E-state index is 0.107. The van der Waals surface area contributed by atoms with E-state index in [0.29, 0.717) is 25.9 Å². The standard InChI is InChI=1S/C18H23N3O2/c1-12-5-4-6-15(9-12)23-16-10-21(11-16)18(22)8-7-17-13(2)14(3)19-20-17/h4-6,9,16H,7-8,10-11H2,1-3H3,(H,19,20). The second kappa shape index (κ2) is 6.44. The van der Waals surface area contributed by atoms with Crippen LogP contribution in [0.5, 0.6) is 5.75 Å². The quantitative estimate of drug-likeness (QED) is 0.923. The third kappa shape index (κ3) is 3.55. The first kappa shape index (κ1) is 15.6. The number of carbonyl (C=O) groups excluding carboxylic acids is 1. The molecule has 0 radical (unpaired) electrons. The molecule has 0 spiro atoms. The van der Waals surface area contributed by atoms with Gasteiger partial charge in [-0.1, -0.05) is 12.1 Å². The van der Waals surface area contributed by atoms with Crippen LogP contribution in [0.3, 0.4) is 0 Å². The number of aromatic nitrogens is 2. The lowest BCUT2D eigenvalue weighted by atomic mass is 10.1. The van der Waals surface area contributed by atoms with Crippen LogP contribution in [0.2, 0.25) is 0 Å². The van der Waals surface area contributed by atoms with Gasteiger partial charge in [0.1, 0.15) is 11.9 Å². The van der Waals surface area contributed by atoms with Gasteiger partial charge in [-0.3, -0.25) is 9.89 Å². The highest BCUT2D eigenvalue weighted by molar-refractivity contribution is 5.77. The van der Waals surface area contributed by atoms with Gasteiger partial charge in [-0.05, 0) is 44.0 Å². The average Bonchev–Trinajstić information content (AvgIpc) is 2.80. The van der Waals surface area contributed by atoms with Crippen LogP contribution in [0.25, 0.3) is 0 Å². The number of nitrogens with one attached hydrogen (secondary N) is 1. The number of likely N-dealkylation sites (tertiary alicyclic amines) is 1. The van der Waals surface area contributed by atoms with Crippen LogP contribution in [-0.2, 0) is 11.2 Å². The van der Waals surface area contributed by atoms with Crippen molar-refractivity contribution in [2.45, 2.75) is 39.7 Å². The summed E-state index contributed by atoms with van der Waals surface area (Å²) in [7, 11) is 0. The van der Waals surface area contributed by atoms with E-state index in [2.05, 4.69) is 10.2 Å². The number of aryl methyl sites for hydroxylation is 3. The molecule has 3 rings (SSSR count). The maximum absolute atomic E-state index is 12.2. The summed E-state index contributed by atoms with van der Waals surface area (Å²) in [5.41, 5.74) is 4.40. The number of hydrogen-bond acceptors (Lipinski definition) is 3. The Kier molecular flexibility index (Phi) is 4.37. The normalized spacial score (nSPS) is 14.7. The zero-order valence-electron chi connectivity index (χ0n) is 13.9. The summed E-state index contributed by atoms with van der Waals surface area (Å²) in [6.07, 6.45) is 1.30. The van der Waals surface area contributed by atoms with Crippen molar-refractivity contribution in [1.29, 1.82) is 0 Å². The number of ether oxygens (including phenoxy) is 1. The fraction of sp³-hybridized carbons (Fsp3) is 0.444. The Hall–Kier alpha value is -2.30. The van der Waals surface area contributed by atoms with Gasteiger partial charge in [-0.15, -0.1) is 0 Å². The van der Waals surface area contributed by atoms with Gasteiger partial charge in [0.05, 0.1) is 18.8 Å². The van der Waals surface area contributed by atoms with E-state index in [-0.39, 0.29) is 12.0 Å². The van der Waals surface area contributed by atoms with E-state index in [1.54, 1.807) is 0 Å². The van der Waals surface area contributed by atoms with Crippen molar-refractivity contribution in [3.8, 4) is 5.75 Å². The predicted molar refractivity (Wildman–Crippen MR) is 88.6 cm³/mol. The molecule has 5 nitrogen and oxygen atoms in total. The number of aromatic amines is 1. The topological polar surface area (TPSA) is 58.2 Å². The van der Waals surface area contributed by atoms with E-state index in [1.165, 1.54) is 5.56 Å². The number of nitrogens with zero attached hydrogens (tertiary/aromatic N) is 2. The third-order valence-corrected chi connectivity index (χ3v) is 4.42. The molecule has 1 saturated heterocycles. The maximum Gasteiger partial charge on any atom is 0.223 e. The highest BCUT2D eigenvalue weighted by Crippen LogP contribution is 2.20. The van der Waals surface area contributed by atoms with Crippen LogP contribution in [0.15, 0.2) is 24.3 Å². The molecule has 1 N–H and O–H groups in total. The number of benzene rings is 1. The van der Waals surface area contributed by atoms with Crippen LogP contribution in [-0.4, -0.2) is 40.2 Å². The molecule has 1 aromatic carbocycles. The molecule has 0 saturated carbocycles. The van der Waals surface area contributed by atoms with Gasteiger partial charge in [0.15, 0.2) is 0 Å². The Morgan fingerprint density at radius 2 is 2.13 bits per heavy atom. The minimum Gasteiger partial charge on any atom is -0.487 e. The molecular formula is C18H23N3O2. The van der Waals surface area contributed by atoms with Crippen molar-refractivity contribution in [3.63, 3.8) is 0 Å². The van der Waals surface area contributed by atoms with Crippen LogP contribution >= 0.6 is 0 Å². The van der Waals surface area contributed by atoms with Crippen LogP contribution in [0.1, 0.15) is 28.9 Å². The third-order valence-electron chi connectivity index (χ3n) is 4.42. The summed E-state index contributed by atoms with van der Waals surface area (Å²) < 4.78 is 5.89. The molecule has 0 unspecified atom stereocenters. The molecule has 1 amide bonds. The first-order valence-corrected chi connectivity index (χ1v) is 8.04. The van der Waals surface area contributed by atoms with Crippen molar-refractivity contribution >= 4 is 5.91 Å². The van der Waals surface area contributed by atoms with Gasteiger partial charge in [-0.25, -0.2) is 0 Å². The summed E-state index contributed by atoms with van der Waals surface area (Å²) in [5, 5.41) is 7.21. The predicted octanol–water partition coefficient (Wildman–Crippen LogP) is 2.56. The smallest absolute Gasteiger partial charge is 0.223 e. The fourth-order valence-corrected chi connectivity index (χ4v) is 2.76. The van der Waals surface area contributed by atoms with Crippen molar-refractivity contribution < 1.29 is 9.53 Å². The summed E-state index contributed by atoms with van der Waals surface area (Å²) in [4.78, 5) is 14.1. The van der Waals surface area contributed by atoms with Crippen molar-refractivity contribution in [3.05, 3.63) is 46.8 Å². The molecule has 1 aliphatic rings. The molecule has 23 heavy (non-hydrogen) atoms. The summed E-state index contributed by atoms with van der Waals surface area (Å²) in [6.45, 7) is 7.42. The molecule has 1 fully saturated rings. The van der Waals surface area contributed by atoms with Gasteiger partial charge in [0.25, 0.3) is 0 Å². The van der Waals surface area contributed by atoms with E-state index in [9.17, 15) is 4.79 Å². The molecule has 0 bridgehead atoms. The molecule has 1 aromatic heterocycles. The molecule has 2 heterocycles. The lowest BCUT2D eigenvalue weighted by Crippen LogP contribution is -2.56. The minimum atomic E-state index is 0.107. The largest absolute Gasteiger partial charge is 0.487 e. The fourth-order valence-electron chi connectivity index (χ4n) is 2.76. The monoisotopic (exact) mass is 313 g/mol. The van der Waals surface area contributed by atoms with Crippen molar-refractivity contribution in [2.24, 2.45) is 0 Å². The van der Waals surface area contributed by atoms with Crippen molar-refractivity contribution in [1.82, 2.24) is 15.1 Å². The van der Waals surface area contributed by atoms with Gasteiger partial charge < -0.3 is 9.64 Å². The lowest BCUT2D eigenvalue weighted by Gasteiger charge is -2.39. The second-order valence-electron chi connectivity index (χ2n) is 6.28. The lowest BCUT2D eigenvalue weighted by molar-refractivity contribution is -0.139. The van der Waals surface area contributed by atoms with Gasteiger partial charge in [-0.2, -0.15) is 5.10 Å². The Morgan fingerprint density at radius 3 is 2.78 bits per heavy atom. The van der Waals surface area contributed by atoms with E-state index in [1.807, 2.05) is 49.9 Å². The Morgan fingerprint density at radius 1 is 1.35 bits per heavy atom. The van der Waals surface area contributed by atoms with Gasteiger partial charge in [0, 0.05) is 18.5 Å². The zero-order chi connectivity index (χ0) is 16.4. The SMILES string of the molecule is Cc1cccc(OC2CN(C(=O)CCc3n[nH]c(C)c3C)C2)c1. The second-order valence-corrected chi connectivity index (χ2v) is 6.28. The van der Waals surface area contributed by atoms with Gasteiger partial charge in [0.2, 0.25) is 5.91 Å². The number of rotatable bonds is 5. The molecule has 5 heteroatoms. The average molecular weight is 313 g/mol. The number of H-pyrrole nitrogens is 1. The first-order valence-electron chi connectivity index (χ1n) is 8.04. The summed E-state index contributed by atoms with van der Waals surface area (Å²) in [5.74, 6) is 1.05. The van der Waals surface area contributed by atoms with Crippen molar-refractivity contribution in [2.75, 3.05) is 13.1 Å². The summed E-state index contributed by atoms with van der Waals surface area (Å²) >= 11 is 0. The van der Waals surface area contributed by atoms with E-state index in [0.717, 1.165) is 22.7 Å². The van der Waals surface area contributed by atoms with Crippen LogP contribution in [0, 0.1) is 20.8 Å². The Balaban J connectivity index is 1.44. The molecule has 1 aliphatic heterocycles. The number of hydrogen-bond donors (Lipinski definition) is 1.